The molecule has 1 aliphatic rings. The maximum atomic E-state index is 6.72. The molecule has 0 saturated heterocycles. The van der Waals surface area contributed by atoms with E-state index in [9.17, 15) is 0 Å². The number of aliphatic imine (C=N–C) groups is 2. The Balaban J connectivity index is 1.01. The van der Waals surface area contributed by atoms with Crippen LogP contribution >= 0.6 is 0 Å². The maximum absolute atomic E-state index is 6.72. The van der Waals surface area contributed by atoms with Gasteiger partial charge in [-0.25, -0.2) is 9.98 Å². The molecule has 0 aliphatic carbocycles. The van der Waals surface area contributed by atoms with Gasteiger partial charge in [-0.15, -0.1) is 0 Å². The fourth-order valence-electron chi connectivity index (χ4n) is 8.82. The van der Waals surface area contributed by atoms with Crippen molar-refractivity contribution in [2.45, 2.75) is 6.17 Å². The molecule has 3 aromatic heterocycles. The number of nitrogens with zero attached hydrogens (tertiary/aromatic N) is 4. The van der Waals surface area contributed by atoms with Crippen molar-refractivity contribution < 1.29 is 4.42 Å². The van der Waals surface area contributed by atoms with E-state index in [1.165, 1.54) is 32.6 Å². The number of furan rings is 1. The lowest BCUT2D eigenvalue weighted by Gasteiger charge is -2.23. The molecule has 0 bridgehead atoms. The third-order valence-corrected chi connectivity index (χ3v) is 11.4. The first kappa shape index (κ1) is 31.6. The van der Waals surface area contributed by atoms with Gasteiger partial charge in [-0.1, -0.05) is 121 Å². The second kappa shape index (κ2) is 12.4. The van der Waals surface area contributed by atoms with E-state index in [1.807, 2.05) is 36.4 Å². The number of hydrogen-bond donors (Lipinski definition) is 1. The van der Waals surface area contributed by atoms with Crippen LogP contribution in [0, 0.1) is 0 Å². The van der Waals surface area contributed by atoms with E-state index in [0.717, 1.165) is 66.9 Å². The van der Waals surface area contributed by atoms with E-state index in [-0.39, 0.29) is 6.17 Å². The third kappa shape index (κ3) is 4.90. The summed E-state index contributed by atoms with van der Waals surface area (Å²) in [5, 5.41) is 10.7. The van der Waals surface area contributed by atoms with Crippen LogP contribution in [0.3, 0.4) is 0 Å². The van der Waals surface area contributed by atoms with Crippen molar-refractivity contribution >= 4 is 77.2 Å². The van der Waals surface area contributed by atoms with Crippen molar-refractivity contribution in [3.8, 4) is 11.4 Å². The average molecular weight is 732 g/mol. The quantitative estimate of drug-likeness (QED) is 0.192. The van der Waals surface area contributed by atoms with Gasteiger partial charge in [-0.05, 0) is 66.2 Å². The lowest BCUT2D eigenvalue weighted by Crippen LogP contribution is -2.33. The minimum Gasteiger partial charge on any atom is -0.456 e. The molecule has 268 valence electrons. The number of aromatic nitrogens is 2. The van der Waals surface area contributed by atoms with Crippen LogP contribution in [0.15, 0.2) is 202 Å². The minimum atomic E-state index is -0.273. The number of rotatable bonds is 5. The lowest BCUT2D eigenvalue weighted by molar-refractivity contribution is 0.666. The molecular weight excluding hydrogens is 699 g/mol. The summed E-state index contributed by atoms with van der Waals surface area (Å²) in [5.74, 6) is 1.45. The van der Waals surface area contributed by atoms with Gasteiger partial charge in [0.1, 0.15) is 23.2 Å². The summed E-state index contributed by atoms with van der Waals surface area (Å²) >= 11 is 0. The van der Waals surface area contributed by atoms with E-state index in [0.29, 0.717) is 5.84 Å². The summed E-state index contributed by atoms with van der Waals surface area (Å²) in [6.07, 6.45) is -0.273. The molecule has 57 heavy (non-hydrogen) atoms. The van der Waals surface area contributed by atoms with Gasteiger partial charge in [0.05, 0.1) is 22.1 Å². The van der Waals surface area contributed by atoms with Gasteiger partial charge in [0.15, 0.2) is 5.84 Å². The predicted molar refractivity (Wildman–Crippen MR) is 234 cm³/mol. The van der Waals surface area contributed by atoms with Crippen molar-refractivity contribution in [2.75, 3.05) is 0 Å². The van der Waals surface area contributed by atoms with Crippen molar-refractivity contribution in [3.63, 3.8) is 0 Å². The topological polar surface area (TPSA) is 59.8 Å². The first-order valence-corrected chi connectivity index (χ1v) is 19.3. The molecule has 12 rings (SSSR count). The van der Waals surface area contributed by atoms with Crippen LogP contribution in [0.25, 0.3) is 76.9 Å². The Kier molecular flexibility index (Phi) is 6.89. The summed E-state index contributed by atoms with van der Waals surface area (Å²) in [6.45, 7) is 0. The summed E-state index contributed by atoms with van der Waals surface area (Å²) in [7, 11) is 0. The molecule has 0 radical (unpaired) electrons. The van der Waals surface area contributed by atoms with Gasteiger partial charge in [0.2, 0.25) is 0 Å². The second-order valence-corrected chi connectivity index (χ2v) is 14.6. The van der Waals surface area contributed by atoms with Crippen molar-refractivity contribution in [1.82, 2.24) is 14.5 Å². The Morgan fingerprint density at radius 2 is 1.00 bits per heavy atom. The van der Waals surface area contributed by atoms with E-state index >= 15 is 0 Å². The molecule has 0 saturated carbocycles. The zero-order valence-electron chi connectivity index (χ0n) is 30.7. The molecule has 8 aromatic carbocycles. The van der Waals surface area contributed by atoms with E-state index in [2.05, 4.69) is 166 Å². The Labute approximate surface area is 327 Å². The zero-order chi connectivity index (χ0) is 37.5. The normalized spacial score (nSPS) is 14.5. The van der Waals surface area contributed by atoms with Crippen molar-refractivity contribution in [1.29, 1.82) is 0 Å². The molecule has 0 amide bonds. The average Bonchev–Trinajstić information content (AvgIpc) is 3.94. The Bertz CT molecular complexity index is 3430. The van der Waals surface area contributed by atoms with E-state index in [4.69, 9.17) is 14.4 Å². The minimum absolute atomic E-state index is 0.273. The molecule has 1 atom stereocenters. The Hall–Kier alpha value is -7.70. The summed E-state index contributed by atoms with van der Waals surface area (Å²) < 4.78 is 11.5. The summed E-state index contributed by atoms with van der Waals surface area (Å²) in [5.41, 5.74) is 11.5. The van der Waals surface area contributed by atoms with Crippen molar-refractivity contribution in [2.24, 2.45) is 9.98 Å². The van der Waals surface area contributed by atoms with Crippen molar-refractivity contribution in [3.05, 3.63) is 205 Å². The van der Waals surface area contributed by atoms with Crippen LogP contribution in [0.1, 0.15) is 22.9 Å². The van der Waals surface area contributed by atoms with E-state index < -0.39 is 0 Å². The first-order chi connectivity index (χ1) is 28.3. The van der Waals surface area contributed by atoms with Crippen LogP contribution in [0.4, 0.5) is 0 Å². The highest BCUT2D eigenvalue weighted by Gasteiger charge is 2.23. The molecule has 0 spiro atoms. The molecule has 1 unspecified atom stereocenters. The van der Waals surface area contributed by atoms with Gasteiger partial charge >= 0.3 is 0 Å². The number of fused-ring (bicyclic) bond motifs is 10. The van der Waals surface area contributed by atoms with Crippen LogP contribution < -0.4 is 5.32 Å². The fourth-order valence-corrected chi connectivity index (χ4v) is 8.82. The number of benzene rings is 8. The maximum Gasteiger partial charge on any atom is 0.159 e. The van der Waals surface area contributed by atoms with Crippen LogP contribution in [-0.4, -0.2) is 20.8 Å². The third-order valence-electron chi connectivity index (χ3n) is 11.4. The zero-order valence-corrected chi connectivity index (χ0v) is 30.7. The van der Waals surface area contributed by atoms with Gasteiger partial charge in [0.25, 0.3) is 0 Å². The van der Waals surface area contributed by atoms with Gasteiger partial charge in [0, 0.05) is 60.9 Å². The highest BCUT2D eigenvalue weighted by molar-refractivity contribution is 6.29. The van der Waals surface area contributed by atoms with Crippen LogP contribution in [0.5, 0.6) is 0 Å². The monoisotopic (exact) mass is 731 g/mol. The second-order valence-electron chi connectivity index (χ2n) is 14.6. The number of nitrogens with one attached hydrogen (secondary N) is 1. The molecule has 1 aliphatic heterocycles. The van der Waals surface area contributed by atoms with E-state index in [1.54, 1.807) is 0 Å². The molecule has 0 fully saturated rings. The highest BCUT2D eigenvalue weighted by Crippen LogP contribution is 2.43. The van der Waals surface area contributed by atoms with Gasteiger partial charge in [-0.2, -0.15) is 0 Å². The summed E-state index contributed by atoms with van der Waals surface area (Å²) in [6, 6.07) is 66.1. The highest BCUT2D eigenvalue weighted by atomic mass is 16.3. The largest absolute Gasteiger partial charge is 0.456 e. The first-order valence-electron chi connectivity index (χ1n) is 19.3. The smallest absolute Gasteiger partial charge is 0.159 e. The molecular formula is C51H33N5O. The Morgan fingerprint density at radius 3 is 1.68 bits per heavy atom. The van der Waals surface area contributed by atoms with Gasteiger partial charge in [-0.3, -0.25) is 0 Å². The molecule has 4 heterocycles. The molecule has 6 nitrogen and oxygen atoms in total. The van der Waals surface area contributed by atoms with Gasteiger partial charge < -0.3 is 18.9 Å². The number of amidine groups is 2. The predicted octanol–water partition coefficient (Wildman–Crippen LogP) is 12.3. The SMILES string of the molecule is c1ccc(C2=NC(c3ccccc3)NC(c3ccc4c(c3)oc3cc(-n5c6ccccc6c6c7c8ccccc8n(-c8ccccc8)c7ccc65)ccc34)=N2)cc1. The number of hydrogen-bond acceptors (Lipinski definition) is 4. The van der Waals surface area contributed by atoms with Crippen LogP contribution in [0.2, 0.25) is 0 Å². The molecule has 1 N–H and O–H groups in total. The molecule has 11 aromatic rings. The number of para-hydroxylation sites is 3. The van der Waals surface area contributed by atoms with Crippen LogP contribution in [-0.2, 0) is 0 Å². The summed E-state index contributed by atoms with van der Waals surface area (Å²) in [4.78, 5) is 10.0. The standard InChI is InChI=1S/C51H33N5O/c1-4-14-32(15-5-1)49-52-50(33-16-6-2-7-17-33)54-51(53-49)34-24-26-37-38-27-25-36(31-46(38)57-45(37)30-34)56-42-23-13-11-21-40(42)48-44(56)29-28-43-47(48)39-20-10-12-22-41(39)55(43)35-18-8-3-9-19-35/h1-31,49H,(H,52,53,54). The lowest BCUT2D eigenvalue weighted by atomic mass is 10.1. The fraction of sp³-hybridized carbons (Fsp3) is 0.0196. The molecule has 6 heteroatoms. The Morgan fingerprint density at radius 1 is 0.439 bits per heavy atom.